The Kier molecular flexibility index (Phi) is 2.59. The van der Waals surface area contributed by atoms with Crippen molar-refractivity contribution in [3.63, 3.8) is 0 Å². The highest BCUT2D eigenvalue weighted by molar-refractivity contribution is 5.87. The fourth-order valence-electron chi connectivity index (χ4n) is 0.796. The number of esters is 1. The van der Waals surface area contributed by atoms with Crippen LogP contribution in [0.5, 0.6) is 0 Å². The van der Waals surface area contributed by atoms with Gasteiger partial charge in [0.1, 0.15) is 0 Å². The van der Waals surface area contributed by atoms with Crippen LogP contribution in [0.1, 0.15) is 27.2 Å². The summed E-state index contributed by atoms with van der Waals surface area (Å²) in [6.45, 7) is 6.57. The molecule has 0 spiro atoms. The van der Waals surface area contributed by atoms with E-state index in [-0.39, 0.29) is 0 Å². The van der Waals surface area contributed by atoms with Crippen molar-refractivity contribution >= 4 is 12.1 Å². The molecule has 1 rings (SSSR count). The van der Waals surface area contributed by atoms with E-state index in [0.717, 1.165) is 6.42 Å². The molecule has 1 aliphatic rings. The topological polar surface area (TPSA) is 46.6 Å². The summed E-state index contributed by atoms with van der Waals surface area (Å²) >= 11 is 0. The fourth-order valence-corrected chi connectivity index (χ4v) is 0.796. The lowest BCUT2D eigenvalue weighted by Crippen LogP contribution is -2.44. The number of carbonyl (C=O) groups is 2. The van der Waals surface area contributed by atoms with Crippen LogP contribution in [-0.4, -0.2) is 30.1 Å². The molecule has 0 aliphatic carbocycles. The number of hydrogen-bond acceptors (Lipinski definition) is 3. The highest BCUT2D eigenvalue weighted by atomic mass is 16.6. The molecule has 1 fully saturated rings. The summed E-state index contributed by atoms with van der Waals surface area (Å²) in [5, 5.41) is 0. The van der Waals surface area contributed by atoms with E-state index < -0.39 is 17.5 Å². The molecule has 1 heterocycles. The first-order valence-electron chi connectivity index (χ1n) is 4.42. The highest BCUT2D eigenvalue weighted by Gasteiger charge is 2.29. The molecule has 4 nitrogen and oxygen atoms in total. The van der Waals surface area contributed by atoms with E-state index in [4.69, 9.17) is 0 Å². The number of likely N-dealkylation sites (tertiary alicyclic amines) is 1. The molecule has 1 amide bonds. The zero-order chi connectivity index (χ0) is 10.1. The van der Waals surface area contributed by atoms with Gasteiger partial charge in [-0.25, -0.2) is 4.79 Å². The van der Waals surface area contributed by atoms with Gasteiger partial charge in [-0.15, -0.1) is 0 Å². The van der Waals surface area contributed by atoms with Crippen molar-refractivity contribution in [2.75, 3.05) is 13.1 Å². The molecule has 0 aromatic rings. The number of amides is 1. The van der Waals surface area contributed by atoms with E-state index in [1.807, 2.05) is 0 Å². The Morgan fingerprint density at radius 3 is 2.08 bits per heavy atom. The average molecular weight is 185 g/mol. The van der Waals surface area contributed by atoms with E-state index in [1.165, 1.54) is 4.90 Å². The molecule has 0 saturated carbocycles. The number of rotatable bonds is 0. The number of nitrogens with zero attached hydrogens (tertiary/aromatic N) is 1. The summed E-state index contributed by atoms with van der Waals surface area (Å²) in [4.78, 5) is 23.9. The third-order valence-electron chi connectivity index (χ3n) is 1.91. The van der Waals surface area contributed by atoms with Gasteiger partial charge in [-0.2, -0.15) is 0 Å². The van der Waals surface area contributed by atoms with Crippen molar-refractivity contribution in [3.05, 3.63) is 0 Å². The molecule has 0 aromatic heterocycles. The molecule has 0 bridgehead atoms. The third-order valence-corrected chi connectivity index (χ3v) is 1.91. The minimum atomic E-state index is -0.611. The maximum atomic E-state index is 11.2. The van der Waals surface area contributed by atoms with Gasteiger partial charge in [0.15, 0.2) is 0 Å². The second kappa shape index (κ2) is 3.36. The largest absolute Gasteiger partial charge is 0.417 e. The monoisotopic (exact) mass is 185 g/mol. The molecule has 0 aromatic carbocycles. The summed E-state index contributed by atoms with van der Waals surface area (Å²) in [6, 6.07) is 0. The van der Waals surface area contributed by atoms with E-state index in [9.17, 15) is 9.59 Å². The smallest absolute Gasteiger partial charge is 0.376 e. The van der Waals surface area contributed by atoms with Gasteiger partial charge in [0.05, 0.1) is 5.41 Å². The molecule has 4 heteroatoms. The number of ether oxygens (including phenoxy) is 1. The second-order valence-corrected chi connectivity index (χ2v) is 4.25. The van der Waals surface area contributed by atoms with Crippen LogP contribution in [0, 0.1) is 5.41 Å². The van der Waals surface area contributed by atoms with Crippen LogP contribution in [0.15, 0.2) is 0 Å². The lowest BCUT2D eigenvalue weighted by Gasteiger charge is -2.30. The Balaban J connectivity index is 2.39. The van der Waals surface area contributed by atoms with Gasteiger partial charge in [-0.1, -0.05) is 0 Å². The van der Waals surface area contributed by atoms with Gasteiger partial charge >= 0.3 is 12.1 Å². The fraction of sp³-hybridized carbons (Fsp3) is 0.778. The highest BCUT2D eigenvalue weighted by Crippen LogP contribution is 2.17. The molecule has 0 unspecified atom stereocenters. The summed E-state index contributed by atoms with van der Waals surface area (Å²) in [5.74, 6) is -0.468. The van der Waals surface area contributed by atoms with Crippen LogP contribution in [0.25, 0.3) is 0 Å². The molecule has 13 heavy (non-hydrogen) atoms. The quantitative estimate of drug-likeness (QED) is 0.423. The van der Waals surface area contributed by atoms with Crippen molar-refractivity contribution in [1.29, 1.82) is 0 Å². The lowest BCUT2D eigenvalue weighted by molar-refractivity contribution is -0.147. The Morgan fingerprint density at radius 2 is 1.77 bits per heavy atom. The van der Waals surface area contributed by atoms with Crippen molar-refractivity contribution in [2.24, 2.45) is 5.41 Å². The van der Waals surface area contributed by atoms with Crippen LogP contribution in [0.2, 0.25) is 0 Å². The average Bonchev–Trinajstić information content (AvgIpc) is 1.79. The molecule has 0 atom stereocenters. The van der Waals surface area contributed by atoms with Crippen LogP contribution in [0.4, 0.5) is 4.79 Å². The SMILES string of the molecule is CC(C)(C)C(=O)OC(=O)N1CCC1. The predicted molar refractivity (Wildman–Crippen MR) is 47.1 cm³/mol. The van der Waals surface area contributed by atoms with Gasteiger partial charge in [0, 0.05) is 13.1 Å². The number of carbonyl (C=O) groups excluding carboxylic acids is 2. The molecule has 1 saturated heterocycles. The zero-order valence-corrected chi connectivity index (χ0v) is 8.29. The maximum absolute atomic E-state index is 11.2. The summed E-state index contributed by atoms with van der Waals surface area (Å²) in [7, 11) is 0. The Hall–Kier alpha value is -1.06. The third kappa shape index (κ3) is 2.44. The lowest BCUT2D eigenvalue weighted by atomic mass is 9.97. The summed E-state index contributed by atoms with van der Waals surface area (Å²) in [6.07, 6.45) is 0.491. The van der Waals surface area contributed by atoms with E-state index >= 15 is 0 Å². The minimum Gasteiger partial charge on any atom is -0.376 e. The van der Waals surface area contributed by atoms with Crippen LogP contribution in [0.3, 0.4) is 0 Å². The molecule has 1 aliphatic heterocycles. The van der Waals surface area contributed by atoms with Crippen molar-refractivity contribution in [1.82, 2.24) is 4.90 Å². The van der Waals surface area contributed by atoms with E-state index in [1.54, 1.807) is 20.8 Å². The van der Waals surface area contributed by atoms with E-state index in [2.05, 4.69) is 4.74 Å². The Labute approximate surface area is 77.8 Å². The van der Waals surface area contributed by atoms with Gasteiger partial charge in [0.25, 0.3) is 0 Å². The molecule has 0 N–H and O–H groups in total. The molecule has 74 valence electrons. The van der Waals surface area contributed by atoms with Crippen LogP contribution in [-0.2, 0) is 9.53 Å². The summed E-state index contributed by atoms with van der Waals surface area (Å²) < 4.78 is 4.67. The standard InChI is InChI=1S/C9H15NO3/c1-9(2,3)7(11)13-8(12)10-5-4-6-10/h4-6H2,1-3H3. The first-order chi connectivity index (χ1) is 5.91. The van der Waals surface area contributed by atoms with Crippen molar-refractivity contribution < 1.29 is 14.3 Å². The molecular formula is C9H15NO3. The van der Waals surface area contributed by atoms with Gasteiger partial charge in [-0.05, 0) is 27.2 Å². The minimum absolute atomic E-state index is 0.468. The van der Waals surface area contributed by atoms with Gasteiger partial charge in [-0.3, -0.25) is 4.79 Å². The Bertz CT molecular complexity index is 226. The Morgan fingerprint density at radius 1 is 1.23 bits per heavy atom. The number of hydrogen-bond donors (Lipinski definition) is 0. The van der Waals surface area contributed by atoms with Crippen molar-refractivity contribution in [2.45, 2.75) is 27.2 Å². The van der Waals surface area contributed by atoms with Gasteiger partial charge < -0.3 is 9.64 Å². The normalized spacial score (nSPS) is 16.4. The molecule has 0 radical (unpaired) electrons. The van der Waals surface area contributed by atoms with Crippen LogP contribution < -0.4 is 0 Å². The first kappa shape index (κ1) is 10.0. The van der Waals surface area contributed by atoms with Crippen molar-refractivity contribution in [3.8, 4) is 0 Å². The first-order valence-corrected chi connectivity index (χ1v) is 4.42. The van der Waals surface area contributed by atoms with E-state index in [0.29, 0.717) is 13.1 Å². The van der Waals surface area contributed by atoms with Gasteiger partial charge in [0.2, 0.25) is 0 Å². The summed E-state index contributed by atoms with van der Waals surface area (Å²) in [5.41, 5.74) is -0.611. The predicted octanol–water partition coefficient (Wildman–Crippen LogP) is 1.40. The maximum Gasteiger partial charge on any atom is 0.417 e. The molecular weight excluding hydrogens is 170 g/mol. The second-order valence-electron chi connectivity index (χ2n) is 4.25. The van der Waals surface area contributed by atoms with Crippen LogP contribution >= 0.6 is 0 Å². The zero-order valence-electron chi connectivity index (χ0n) is 8.29.